The van der Waals surface area contributed by atoms with E-state index < -0.39 is 0 Å². The lowest BCUT2D eigenvalue weighted by Gasteiger charge is -2.25. The van der Waals surface area contributed by atoms with Crippen LogP contribution in [-0.2, 0) is 0 Å². The molecule has 0 radical (unpaired) electrons. The number of aryl methyl sites for hydroxylation is 1. The van der Waals surface area contributed by atoms with E-state index in [1.807, 2.05) is 0 Å². The van der Waals surface area contributed by atoms with E-state index in [4.69, 9.17) is 5.11 Å². The van der Waals surface area contributed by atoms with Crippen LogP contribution in [0.3, 0.4) is 0 Å². The third-order valence-electron chi connectivity index (χ3n) is 3.86. The van der Waals surface area contributed by atoms with Crippen molar-refractivity contribution in [1.82, 2.24) is 9.97 Å². The predicted octanol–water partition coefficient (Wildman–Crippen LogP) is 2.74. The summed E-state index contributed by atoms with van der Waals surface area (Å²) in [6.45, 7) is 3.45. The summed E-state index contributed by atoms with van der Waals surface area (Å²) in [5.41, 5.74) is 2.32. The molecule has 1 saturated heterocycles. The third-order valence-corrected chi connectivity index (χ3v) is 4.94. The van der Waals surface area contributed by atoms with E-state index >= 15 is 0 Å². The lowest BCUT2D eigenvalue weighted by atomic mass is 10.1. The van der Waals surface area contributed by atoms with Crippen LogP contribution in [0.2, 0.25) is 0 Å². The van der Waals surface area contributed by atoms with Gasteiger partial charge in [-0.15, -0.1) is 11.3 Å². The maximum atomic E-state index is 9.02. The standard InChI is InChI=1S/C14H19N3OS/c1-10-8-19-13-12(10)15-9-16-14(13)17-6-2-4-11(17)5-3-7-18/h8-9,11,18H,2-7H2,1H3. The number of aliphatic hydroxyl groups excluding tert-OH is 1. The minimum absolute atomic E-state index is 0.279. The molecule has 1 aliphatic heterocycles. The van der Waals surface area contributed by atoms with Gasteiger partial charge in [0.15, 0.2) is 0 Å². The minimum Gasteiger partial charge on any atom is -0.396 e. The molecule has 3 heterocycles. The smallest absolute Gasteiger partial charge is 0.150 e. The Morgan fingerprint density at radius 1 is 1.47 bits per heavy atom. The van der Waals surface area contributed by atoms with Gasteiger partial charge in [-0.2, -0.15) is 0 Å². The van der Waals surface area contributed by atoms with Gasteiger partial charge in [-0.1, -0.05) is 0 Å². The van der Waals surface area contributed by atoms with Gasteiger partial charge in [0.1, 0.15) is 12.1 Å². The number of aliphatic hydroxyl groups is 1. The van der Waals surface area contributed by atoms with E-state index in [9.17, 15) is 0 Å². The average Bonchev–Trinajstić information content (AvgIpc) is 3.03. The minimum atomic E-state index is 0.279. The second-order valence-electron chi connectivity index (χ2n) is 5.15. The number of rotatable bonds is 4. The largest absolute Gasteiger partial charge is 0.396 e. The Morgan fingerprint density at radius 3 is 3.21 bits per heavy atom. The fourth-order valence-corrected chi connectivity index (χ4v) is 3.91. The molecule has 1 N–H and O–H groups in total. The summed E-state index contributed by atoms with van der Waals surface area (Å²) in [5, 5.41) is 11.2. The van der Waals surface area contributed by atoms with Crippen LogP contribution >= 0.6 is 11.3 Å². The van der Waals surface area contributed by atoms with E-state index in [1.54, 1.807) is 17.7 Å². The van der Waals surface area contributed by atoms with E-state index in [1.165, 1.54) is 23.1 Å². The van der Waals surface area contributed by atoms with Crippen molar-refractivity contribution in [1.29, 1.82) is 0 Å². The first-order chi connectivity index (χ1) is 9.31. The average molecular weight is 277 g/mol. The fraction of sp³-hybridized carbons (Fsp3) is 0.571. The number of hydrogen-bond acceptors (Lipinski definition) is 5. The zero-order valence-corrected chi connectivity index (χ0v) is 12.0. The van der Waals surface area contributed by atoms with Crippen molar-refractivity contribution in [3.8, 4) is 0 Å². The third kappa shape index (κ3) is 2.32. The lowest BCUT2D eigenvalue weighted by molar-refractivity contribution is 0.279. The van der Waals surface area contributed by atoms with Crippen molar-refractivity contribution in [2.45, 2.75) is 38.6 Å². The van der Waals surface area contributed by atoms with Gasteiger partial charge in [-0.05, 0) is 43.6 Å². The van der Waals surface area contributed by atoms with Gasteiger partial charge in [0, 0.05) is 19.2 Å². The molecule has 1 atom stereocenters. The second kappa shape index (κ2) is 5.43. The molecule has 0 aliphatic carbocycles. The van der Waals surface area contributed by atoms with Gasteiger partial charge in [0.05, 0.1) is 10.2 Å². The molecule has 1 unspecified atom stereocenters. The monoisotopic (exact) mass is 277 g/mol. The summed E-state index contributed by atoms with van der Waals surface area (Å²) in [6.07, 6.45) is 6.02. The highest BCUT2D eigenvalue weighted by Crippen LogP contribution is 2.35. The molecule has 0 saturated carbocycles. The summed E-state index contributed by atoms with van der Waals surface area (Å²) in [5.74, 6) is 1.09. The number of thiophene rings is 1. The second-order valence-corrected chi connectivity index (χ2v) is 6.03. The molecule has 4 nitrogen and oxygen atoms in total. The van der Waals surface area contributed by atoms with E-state index in [2.05, 4.69) is 27.2 Å². The number of fused-ring (bicyclic) bond motifs is 1. The van der Waals surface area contributed by atoms with E-state index in [-0.39, 0.29) is 6.61 Å². The predicted molar refractivity (Wildman–Crippen MR) is 78.8 cm³/mol. The first kappa shape index (κ1) is 12.8. The molecule has 3 rings (SSSR count). The van der Waals surface area contributed by atoms with Gasteiger partial charge in [0.2, 0.25) is 0 Å². The quantitative estimate of drug-likeness (QED) is 0.933. The molecular formula is C14H19N3OS. The Labute approximate surface area is 117 Å². The van der Waals surface area contributed by atoms with Crippen LogP contribution < -0.4 is 4.90 Å². The first-order valence-corrected chi connectivity index (χ1v) is 7.75. The Balaban J connectivity index is 1.94. The summed E-state index contributed by atoms with van der Waals surface area (Å²) in [4.78, 5) is 11.3. The molecule has 0 bridgehead atoms. The molecule has 2 aromatic heterocycles. The zero-order valence-electron chi connectivity index (χ0n) is 11.2. The molecule has 1 aliphatic rings. The number of aromatic nitrogens is 2. The normalized spacial score (nSPS) is 19.5. The van der Waals surface area contributed by atoms with Gasteiger partial charge in [-0.3, -0.25) is 0 Å². The van der Waals surface area contributed by atoms with E-state index in [0.29, 0.717) is 6.04 Å². The highest BCUT2D eigenvalue weighted by atomic mass is 32.1. The van der Waals surface area contributed by atoms with Gasteiger partial charge < -0.3 is 10.0 Å². The van der Waals surface area contributed by atoms with Crippen molar-refractivity contribution in [3.63, 3.8) is 0 Å². The van der Waals surface area contributed by atoms with Crippen molar-refractivity contribution in [3.05, 3.63) is 17.3 Å². The van der Waals surface area contributed by atoms with Gasteiger partial charge in [-0.25, -0.2) is 9.97 Å². The van der Waals surface area contributed by atoms with Gasteiger partial charge in [0.25, 0.3) is 0 Å². The van der Waals surface area contributed by atoms with Gasteiger partial charge >= 0.3 is 0 Å². The Morgan fingerprint density at radius 2 is 2.37 bits per heavy atom. The Bertz CT molecular complexity index is 569. The summed E-state index contributed by atoms with van der Waals surface area (Å²) in [6, 6.07) is 0.521. The van der Waals surface area contributed by atoms with E-state index in [0.717, 1.165) is 30.7 Å². The molecule has 102 valence electrons. The number of nitrogens with zero attached hydrogens (tertiary/aromatic N) is 3. The first-order valence-electron chi connectivity index (χ1n) is 6.87. The van der Waals surface area contributed by atoms with Crippen molar-refractivity contribution in [2.24, 2.45) is 0 Å². The van der Waals surface area contributed by atoms with Crippen LogP contribution in [0, 0.1) is 6.92 Å². The maximum Gasteiger partial charge on any atom is 0.150 e. The lowest BCUT2D eigenvalue weighted by Crippen LogP contribution is -2.30. The number of hydrogen-bond donors (Lipinski definition) is 1. The maximum absolute atomic E-state index is 9.02. The summed E-state index contributed by atoms with van der Waals surface area (Å²) < 4.78 is 1.20. The fourth-order valence-electron chi connectivity index (χ4n) is 2.90. The highest BCUT2D eigenvalue weighted by Gasteiger charge is 2.27. The van der Waals surface area contributed by atoms with Crippen LogP contribution in [0.25, 0.3) is 10.2 Å². The van der Waals surface area contributed by atoms with Crippen LogP contribution in [0.4, 0.5) is 5.82 Å². The summed E-state index contributed by atoms with van der Waals surface area (Å²) in [7, 11) is 0. The van der Waals surface area contributed by atoms with Crippen LogP contribution in [0.1, 0.15) is 31.2 Å². The van der Waals surface area contributed by atoms with Crippen LogP contribution in [-0.4, -0.2) is 34.3 Å². The SMILES string of the molecule is Cc1csc2c(N3CCCC3CCCO)ncnc12. The zero-order chi connectivity index (χ0) is 13.2. The van der Waals surface area contributed by atoms with Crippen molar-refractivity contribution < 1.29 is 5.11 Å². The molecule has 2 aromatic rings. The topological polar surface area (TPSA) is 49.2 Å². The van der Waals surface area contributed by atoms with Crippen molar-refractivity contribution in [2.75, 3.05) is 18.1 Å². The van der Waals surface area contributed by atoms with Crippen LogP contribution in [0.15, 0.2) is 11.7 Å². The molecule has 0 amide bonds. The molecule has 0 aromatic carbocycles. The molecule has 5 heteroatoms. The van der Waals surface area contributed by atoms with Crippen molar-refractivity contribution >= 4 is 27.4 Å². The van der Waals surface area contributed by atoms with Crippen LogP contribution in [0.5, 0.6) is 0 Å². The highest BCUT2D eigenvalue weighted by molar-refractivity contribution is 7.18. The molecule has 1 fully saturated rings. The molecule has 0 spiro atoms. The Kier molecular flexibility index (Phi) is 3.66. The summed E-state index contributed by atoms with van der Waals surface area (Å²) >= 11 is 1.74. The number of anilines is 1. The molecular weight excluding hydrogens is 258 g/mol. The Hall–Kier alpha value is -1.20. The molecule has 19 heavy (non-hydrogen) atoms.